The molecule has 0 N–H and O–H groups in total. The second-order valence-corrected chi connectivity index (χ2v) is 10.6. The van der Waals surface area contributed by atoms with Gasteiger partial charge in [-0.2, -0.15) is 4.31 Å². The van der Waals surface area contributed by atoms with Crippen LogP contribution in [-0.4, -0.2) is 74.8 Å². The molecule has 2 aliphatic rings. The SMILES string of the molecule is COc1ccc(C(=O)N2CCN(Cc3ccccc3)CC2)cc1S(=O)(=O)N1CCCCCC1. The summed E-state index contributed by atoms with van der Waals surface area (Å²) in [5, 5.41) is 0. The Bertz CT molecular complexity index is 1040. The number of carbonyl (C=O) groups is 1. The van der Waals surface area contributed by atoms with Crippen molar-refractivity contribution >= 4 is 15.9 Å². The zero-order chi connectivity index (χ0) is 23.3. The van der Waals surface area contributed by atoms with Crippen LogP contribution in [-0.2, 0) is 16.6 Å². The summed E-state index contributed by atoms with van der Waals surface area (Å²) < 4.78 is 33.7. The lowest BCUT2D eigenvalue weighted by Gasteiger charge is -2.35. The molecule has 0 atom stereocenters. The number of piperazine rings is 1. The van der Waals surface area contributed by atoms with Crippen LogP contribution >= 0.6 is 0 Å². The highest BCUT2D eigenvalue weighted by Gasteiger charge is 2.30. The highest BCUT2D eigenvalue weighted by molar-refractivity contribution is 7.89. The Balaban J connectivity index is 1.47. The molecule has 2 heterocycles. The van der Waals surface area contributed by atoms with E-state index in [-0.39, 0.29) is 16.6 Å². The van der Waals surface area contributed by atoms with E-state index < -0.39 is 10.0 Å². The van der Waals surface area contributed by atoms with Crippen LogP contribution in [0.15, 0.2) is 53.4 Å². The van der Waals surface area contributed by atoms with Crippen molar-refractivity contribution in [3.63, 3.8) is 0 Å². The van der Waals surface area contributed by atoms with Crippen molar-refractivity contribution < 1.29 is 17.9 Å². The summed E-state index contributed by atoms with van der Waals surface area (Å²) in [5.41, 5.74) is 1.65. The Labute approximate surface area is 197 Å². The Hall–Kier alpha value is -2.42. The maximum Gasteiger partial charge on any atom is 0.253 e. The first-order chi connectivity index (χ1) is 16.0. The lowest BCUT2D eigenvalue weighted by molar-refractivity contribution is 0.0628. The quantitative estimate of drug-likeness (QED) is 0.647. The molecule has 2 aromatic rings. The van der Waals surface area contributed by atoms with E-state index in [1.807, 2.05) is 23.1 Å². The first-order valence-corrected chi connectivity index (χ1v) is 13.2. The summed E-state index contributed by atoms with van der Waals surface area (Å²) in [7, 11) is -2.27. The third kappa shape index (κ3) is 5.57. The topological polar surface area (TPSA) is 70.2 Å². The van der Waals surface area contributed by atoms with Crippen molar-refractivity contribution in [3.8, 4) is 5.75 Å². The van der Waals surface area contributed by atoms with Crippen LogP contribution in [0.4, 0.5) is 0 Å². The third-order valence-electron chi connectivity index (χ3n) is 6.50. The van der Waals surface area contributed by atoms with Gasteiger partial charge in [0.1, 0.15) is 10.6 Å². The molecule has 33 heavy (non-hydrogen) atoms. The van der Waals surface area contributed by atoms with Gasteiger partial charge in [0.15, 0.2) is 0 Å². The Morgan fingerprint density at radius 2 is 1.55 bits per heavy atom. The summed E-state index contributed by atoms with van der Waals surface area (Å²) in [6.45, 7) is 4.69. The number of hydrogen-bond donors (Lipinski definition) is 0. The van der Waals surface area contributed by atoms with Crippen LogP contribution in [0.5, 0.6) is 5.75 Å². The van der Waals surface area contributed by atoms with Gasteiger partial charge in [-0.05, 0) is 36.6 Å². The van der Waals surface area contributed by atoms with Crippen molar-refractivity contribution in [2.45, 2.75) is 37.1 Å². The molecule has 7 nitrogen and oxygen atoms in total. The molecule has 0 radical (unpaired) electrons. The standard InChI is InChI=1S/C25H33N3O4S/c1-32-23-12-11-22(19-24(23)33(30,31)28-13-7-2-3-8-14-28)25(29)27-17-15-26(16-18-27)20-21-9-5-4-6-10-21/h4-6,9-12,19H,2-3,7-8,13-18,20H2,1H3. The molecule has 0 bridgehead atoms. The van der Waals surface area contributed by atoms with E-state index in [0.29, 0.717) is 31.7 Å². The summed E-state index contributed by atoms with van der Waals surface area (Å²) in [5.74, 6) is 0.146. The molecule has 0 saturated carbocycles. The fraction of sp³-hybridized carbons (Fsp3) is 0.480. The van der Waals surface area contributed by atoms with E-state index in [1.54, 1.807) is 12.1 Å². The summed E-state index contributed by atoms with van der Waals surface area (Å²) in [4.78, 5) is 17.5. The lowest BCUT2D eigenvalue weighted by atomic mass is 10.1. The van der Waals surface area contributed by atoms with Crippen LogP contribution in [0.1, 0.15) is 41.6 Å². The molecule has 1 amide bonds. The van der Waals surface area contributed by atoms with Crippen molar-refractivity contribution in [2.24, 2.45) is 0 Å². The summed E-state index contributed by atoms with van der Waals surface area (Å²) >= 11 is 0. The number of benzene rings is 2. The molecule has 178 valence electrons. The van der Waals surface area contributed by atoms with E-state index in [1.165, 1.54) is 23.0 Å². The molecule has 4 rings (SSSR count). The fourth-order valence-corrected chi connectivity index (χ4v) is 6.26. The van der Waals surface area contributed by atoms with Crippen molar-refractivity contribution in [2.75, 3.05) is 46.4 Å². The minimum absolute atomic E-state index is 0.0838. The van der Waals surface area contributed by atoms with E-state index in [0.717, 1.165) is 45.3 Å². The molecule has 0 spiro atoms. The number of rotatable bonds is 6. The second-order valence-electron chi connectivity index (χ2n) is 8.74. The van der Waals surface area contributed by atoms with Gasteiger partial charge < -0.3 is 9.64 Å². The van der Waals surface area contributed by atoms with Crippen LogP contribution < -0.4 is 4.74 Å². The van der Waals surface area contributed by atoms with Crippen molar-refractivity contribution in [1.82, 2.24) is 14.1 Å². The number of sulfonamides is 1. The van der Waals surface area contributed by atoms with Gasteiger partial charge in [-0.15, -0.1) is 0 Å². The highest BCUT2D eigenvalue weighted by Crippen LogP contribution is 2.30. The van der Waals surface area contributed by atoms with Gasteiger partial charge in [0.2, 0.25) is 10.0 Å². The lowest BCUT2D eigenvalue weighted by Crippen LogP contribution is -2.48. The minimum Gasteiger partial charge on any atom is -0.495 e. The predicted octanol–water partition coefficient (Wildman–Crippen LogP) is 3.22. The molecular formula is C25H33N3O4S. The molecule has 2 saturated heterocycles. The van der Waals surface area contributed by atoms with Gasteiger partial charge in [-0.1, -0.05) is 43.2 Å². The van der Waals surface area contributed by atoms with Crippen molar-refractivity contribution in [3.05, 3.63) is 59.7 Å². The number of hydrogen-bond acceptors (Lipinski definition) is 5. The minimum atomic E-state index is -3.73. The zero-order valence-corrected chi connectivity index (χ0v) is 20.1. The summed E-state index contributed by atoms with van der Waals surface area (Å²) in [6, 6.07) is 15.1. The predicted molar refractivity (Wildman–Crippen MR) is 128 cm³/mol. The highest BCUT2D eigenvalue weighted by atomic mass is 32.2. The molecule has 2 fully saturated rings. The van der Waals surface area contributed by atoms with E-state index >= 15 is 0 Å². The van der Waals surface area contributed by atoms with Gasteiger partial charge in [-0.25, -0.2) is 8.42 Å². The van der Waals surface area contributed by atoms with E-state index in [9.17, 15) is 13.2 Å². The molecular weight excluding hydrogens is 438 g/mol. The largest absolute Gasteiger partial charge is 0.495 e. The van der Waals surface area contributed by atoms with Crippen LogP contribution in [0.2, 0.25) is 0 Å². The average Bonchev–Trinajstić information content (AvgIpc) is 3.15. The maximum atomic E-state index is 13.4. The van der Waals surface area contributed by atoms with Crippen LogP contribution in [0, 0.1) is 0 Å². The number of nitrogens with zero attached hydrogens (tertiary/aromatic N) is 3. The Kier molecular flexibility index (Phi) is 7.67. The summed E-state index contributed by atoms with van der Waals surface area (Å²) in [6.07, 6.45) is 3.79. The van der Waals surface area contributed by atoms with Gasteiger partial charge >= 0.3 is 0 Å². The van der Waals surface area contributed by atoms with Gasteiger partial charge in [0.05, 0.1) is 7.11 Å². The maximum absolute atomic E-state index is 13.4. The molecule has 0 unspecified atom stereocenters. The number of carbonyl (C=O) groups excluding carboxylic acids is 1. The number of methoxy groups -OCH3 is 1. The number of amides is 1. The normalized spacial score (nSPS) is 18.6. The second kappa shape index (κ2) is 10.7. The first kappa shape index (κ1) is 23.7. The number of ether oxygens (including phenoxy) is 1. The monoisotopic (exact) mass is 471 g/mol. The smallest absolute Gasteiger partial charge is 0.253 e. The van der Waals surface area contributed by atoms with Crippen molar-refractivity contribution in [1.29, 1.82) is 0 Å². The molecule has 0 aliphatic carbocycles. The zero-order valence-electron chi connectivity index (χ0n) is 19.3. The van der Waals surface area contributed by atoms with E-state index in [2.05, 4.69) is 17.0 Å². The first-order valence-electron chi connectivity index (χ1n) is 11.7. The van der Waals surface area contributed by atoms with Gasteiger partial charge in [0, 0.05) is 51.4 Å². The third-order valence-corrected chi connectivity index (χ3v) is 8.42. The van der Waals surface area contributed by atoms with Crippen LogP contribution in [0.3, 0.4) is 0 Å². The molecule has 2 aliphatic heterocycles. The average molecular weight is 472 g/mol. The van der Waals surface area contributed by atoms with E-state index in [4.69, 9.17) is 4.74 Å². The molecule has 2 aromatic carbocycles. The molecule has 0 aromatic heterocycles. The molecule has 8 heteroatoms. The fourth-order valence-electron chi connectivity index (χ4n) is 4.57. The van der Waals surface area contributed by atoms with Gasteiger partial charge in [-0.3, -0.25) is 9.69 Å². The Morgan fingerprint density at radius 3 is 2.18 bits per heavy atom. The Morgan fingerprint density at radius 1 is 0.879 bits per heavy atom. The van der Waals surface area contributed by atoms with Gasteiger partial charge in [0.25, 0.3) is 5.91 Å². The van der Waals surface area contributed by atoms with Crippen LogP contribution in [0.25, 0.3) is 0 Å².